The number of rotatable bonds is 12. The van der Waals surface area contributed by atoms with E-state index in [1.54, 1.807) is 19.1 Å². The molecule has 0 aromatic heterocycles. The molecule has 0 saturated carbocycles. The quantitative estimate of drug-likeness (QED) is 0.0785. The second-order valence-electron chi connectivity index (χ2n) is 12.0. The SMILES string of the molecule is CCCCCCCC(=O)OCC/C=C/[C@@H]1O[C@@H]1[C@@H]1OC(=O)/C=C\C=C\C(=O)N(C(C)=O)C(=O)/C=C(/C)CC[C@H]2O[C@H]2[C@H]1OC(=O)NC(C)=O. The lowest BCUT2D eigenvalue weighted by Crippen LogP contribution is -2.46. The third kappa shape index (κ3) is 13.5. The summed E-state index contributed by atoms with van der Waals surface area (Å²) in [4.78, 5) is 86.8. The molecule has 14 nitrogen and oxygen atoms in total. The largest absolute Gasteiger partial charge is 0.465 e. The van der Waals surface area contributed by atoms with Crippen molar-refractivity contribution in [1.82, 2.24) is 10.2 Å². The molecule has 1 N–H and O–H groups in total. The zero-order valence-corrected chi connectivity index (χ0v) is 28.4. The molecule has 268 valence electrons. The summed E-state index contributed by atoms with van der Waals surface area (Å²) < 4.78 is 28.2. The van der Waals surface area contributed by atoms with E-state index in [1.165, 1.54) is 18.2 Å². The van der Waals surface area contributed by atoms with E-state index in [0.717, 1.165) is 58.1 Å². The van der Waals surface area contributed by atoms with Crippen molar-refractivity contribution in [2.45, 2.75) is 122 Å². The maximum absolute atomic E-state index is 12.9. The summed E-state index contributed by atoms with van der Waals surface area (Å²) in [5.74, 6) is -4.27. The third-order valence-corrected chi connectivity index (χ3v) is 7.82. The van der Waals surface area contributed by atoms with Gasteiger partial charge in [0.05, 0.1) is 12.7 Å². The number of epoxide rings is 2. The third-order valence-electron chi connectivity index (χ3n) is 7.82. The summed E-state index contributed by atoms with van der Waals surface area (Å²) >= 11 is 0. The normalized spacial score (nSPS) is 28.3. The molecule has 0 bridgehead atoms. The average Bonchev–Trinajstić information content (AvgIpc) is 3.95. The maximum Gasteiger partial charge on any atom is 0.414 e. The molecule has 3 rings (SSSR count). The van der Waals surface area contributed by atoms with Crippen LogP contribution in [0.25, 0.3) is 0 Å². The number of carbonyl (C=O) groups excluding carboxylic acids is 7. The van der Waals surface area contributed by atoms with Crippen LogP contribution in [0.2, 0.25) is 0 Å². The molecule has 0 aromatic rings. The van der Waals surface area contributed by atoms with Crippen molar-refractivity contribution in [2.75, 3.05) is 6.61 Å². The van der Waals surface area contributed by atoms with Gasteiger partial charge in [-0.1, -0.05) is 62.5 Å². The summed E-state index contributed by atoms with van der Waals surface area (Å²) in [6, 6.07) is 0. The number of hydrogen-bond donors (Lipinski definition) is 1. The number of hydrogen-bond acceptors (Lipinski definition) is 12. The van der Waals surface area contributed by atoms with Crippen molar-refractivity contribution in [1.29, 1.82) is 0 Å². The average molecular weight is 687 g/mol. The van der Waals surface area contributed by atoms with Gasteiger partial charge in [-0.2, -0.15) is 0 Å². The number of ether oxygens (including phenoxy) is 5. The van der Waals surface area contributed by atoms with Crippen LogP contribution in [0.5, 0.6) is 0 Å². The zero-order valence-electron chi connectivity index (χ0n) is 28.4. The van der Waals surface area contributed by atoms with E-state index < -0.39 is 72.3 Å². The van der Waals surface area contributed by atoms with Gasteiger partial charge in [0, 0.05) is 38.5 Å². The van der Waals surface area contributed by atoms with E-state index in [2.05, 4.69) is 6.92 Å². The highest BCUT2D eigenvalue weighted by Gasteiger charge is 2.58. The van der Waals surface area contributed by atoms with Crippen molar-refractivity contribution >= 4 is 41.7 Å². The van der Waals surface area contributed by atoms with Gasteiger partial charge in [-0.15, -0.1) is 0 Å². The van der Waals surface area contributed by atoms with Crippen LogP contribution in [-0.2, 0) is 52.5 Å². The van der Waals surface area contributed by atoms with E-state index in [4.69, 9.17) is 23.7 Å². The van der Waals surface area contributed by atoms with E-state index in [1.807, 2.05) is 5.32 Å². The van der Waals surface area contributed by atoms with Gasteiger partial charge in [0.25, 0.3) is 11.8 Å². The molecule has 0 aliphatic carbocycles. The molecule has 0 unspecified atom stereocenters. The number of carbonyl (C=O) groups is 7. The smallest absolute Gasteiger partial charge is 0.414 e. The summed E-state index contributed by atoms with van der Waals surface area (Å²) in [5, 5.41) is 2.04. The second-order valence-corrected chi connectivity index (χ2v) is 12.0. The number of unbranched alkanes of at least 4 members (excludes halogenated alkanes) is 4. The highest BCUT2D eigenvalue weighted by Crippen LogP contribution is 2.39. The molecular weight excluding hydrogens is 640 g/mol. The first-order chi connectivity index (χ1) is 23.4. The zero-order chi connectivity index (χ0) is 35.9. The van der Waals surface area contributed by atoms with Crippen molar-refractivity contribution in [3.05, 3.63) is 48.1 Å². The van der Waals surface area contributed by atoms with Gasteiger partial charge < -0.3 is 23.7 Å². The van der Waals surface area contributed by atoms with Crippen molar-refractivity contribution < 1.29 is 57.2 Å². The van der Waals surface area contributed by atoms with Gasteiger partial charge in [0.15, 0.2) is 12.2 Å². The number of amides is 5. The molecule has 49 heavy (non-hydrogen) atoms. The van der Waals surface area contributed by atoms with Gasteiger partial charge in [-0.3, -0.25) is 29.3 Å². The summed E-state index contributed by atoms with van der Waals surface area (Å²) in [6.07, 6.45) is 9.73. The van der Waals surface area contributed by atoms with Crippen molar-refractivity contribution in [2.24, 2.45) is 0 Å². The number of nitrogens with zero attached hydrogens (tertiary/aromatic N) is 1. The first-order valence-electron chi connectivity index (χ1n) is 16.6. The summed E-state index contributed by atoms with van der Waals surface area (Å²) in [7, 11) is 0. The van der Waals surface area contributed by atoms with Crippen LogP contribution in [0, 0.1) is 0 Å². The van der Waals surface area contributed by atoms with Gasteiger partial charge in [0.2, 0.25) is 11.8 Å². The van der Waals surface area contributed by atoms with Gasteiger partial charge in [0.1, 0.15) is 18.3 Å². The fraction of sp³-hybridized carbons (Fsp3) is 0.571. The number of nitrogens with one attached hydrogen (secondary N) is 1. The Bertz CT molecular complexity index is 1370. The minimum Gasteiger partial charge on any atom is -0.465 e. The topological polar surface area (TPSA) is 188 Å². The van der Waals surface area contributed by atoms with E-state index in [9.17, 15) is 33.6 Å². The predicted octanol–water partition coefficient (Wildman–Crippen LogP) is 3.68. The minimum absolute atomic E-state index is 0.194. The van der Waals surface area contributed by atoms with Crippen LogP contribution in [0.3, 0.4) is 0 Å². The first kappa shape index (κ1) is 39.0. The van der Waals surface area contributed by atoms with Crippen molar-refractivity contribution in [3.63, 3.8) is 0 Å². The van der Waals surface area contributed by atoms with Gasteiger partial charge >= 0.3 is 18.0 Å². The minimum atomic E-state index is -1.18. The Morgan fingerprint density at radius 3 is 2.41 bits per heavy atom. The molecule has 0 radical (unpaired) electrons. The molecule has 3 heterocycles. The standard InChI is InChI=1S/C35H46N2O12/c1-5-6-7-8-9-16-29(42)45-20-13-12-14-25-31(46-25)33-34(49-35(44)36-23(3)38)32-26(47-32)19-18-22(2)21-28(41)37(24(4)39)27(40)15-10-11-17-30(43)48-33/h10-12,14-15,17,21,25-26,31-34H,5-9,13,16,18-20H2,1-4H3,(H,36,38,44)/b14-12+,15-10+,17-11-,22-21-/t25-,26+,31-,32+,33-,34+/m0/s1. The number of fused-ring (bicyclic) bond motifs is 1. The molecule has 3 aliphatic rings. The van der Waals surface area contributed by atoms with Crippen LogP contribution in [-0.4, -0.2) is 89.8 Å². The van der Waals surface area contributed by atoms with Crippen molar-refractivity contribution in [3.8, 4) is 0 Å². The predicted molar refractivity (Wildman–Crippen MR) is 173 cm³/mol. The van der Waals surface area contributed by atoms with Crippen LogP contribution in [0.15, 0.2) is 48.1 Å². The maximum atomic E-state index is 12.9. The number of allylic oxidation sites excluding steroid dienone is 3. The Balaban J connectivity index is 1.74. The number of imide groups is 4. The molecule has 3 aliphatic heterocycles. The number of esters is 2. The molecule has 6 atom stereocenters. The highest BCUT2D eigenvalue weighted by atomic mass is 16.7. The fourth-order valence-electron chi connectivity index (χ4n) is 5.24. The second kappa shape index (κ2) is 19.5. The molecule has 0 spiro atoms. The Labute approximate surface area is 285 Å². The molecule has 5 amide bonds. The lowest BCUT2D eigenvalue weighted by molar-refractivity contribution is -0.152. The van der Waals surface area contributed by atoms with E-state index in [-0.39, 0.29) is 12.6 Å². The lowest BCUT2D eigenvalue weighted by Gasteiger charge is -2.24. The molecule has 2 saturated heterocycles. The molecule has 0 aromatic carbocycles. The highest BCUT2D eigenvalue weighted by molar-refractivity contribution is 6.16. The van der Waals surface area contributed by atoms with E-state index >= 15 is 0 Å². The van der Waals surface area contributed by atoms with Crippen LogP contribution >= 0.6 is 0 Å². The number of cyclic esters (lactones) is 1. The van der Waals surface area contributed by atoms with Crippen LogP contribution in [0.4, 0.5) is 4.79 Å². The molecule has 14 heteroatoms. The Hall–Kier alpha value is -4.43. The van der Waals surface area contributed by atoms with Gasteiger partial charge in [-0.05, 0) is 32.6 Å². The van der Waals surface area contributed by atoms with E-state index in [0.29, 0.717) is 36.2 Å². The lowest BCUT2D eigenvalue weighted by atomic mass is 10.00. The monoisotopic (exact) mass is 686 g/mol. The molecular formula is C35H46N2O12. The Morgan fingerprint density at radius 1 is 0.959 bits per heavy atom. The van der Waals surface area contributed by atoms with Crippen LogP contribution in [0.1, 0.15) is 85.5 Å². The fourth-order valence-corrected chi connectivity index (χ4v) is 5.24. The van der Waals surface area contributed by atoms with Gasteiger partial charge in [-0.25, -0.2) is 14.5 Å². The Kier molecular flexibility index (Phi) is 15.6. The molecule has 2 fully saturated rings. The Morgan fingerprint density at radius 2 is 1.69 bits per heavy atom. The summed E-state index contributed by atoms with van der Waals surface area (Å²) in [5.41, 5.74) is 0.564. The number of alkyl carbamates (subject to hydrolysis) is 1. The summed E-state index contributed by atoms with van der Waals surface area (Å²) in [6.45, 7) is 6.21. The first-order valence-corrected chi connectivity index (χ1v) is 16.6. The van der Waals surface area contributed by atoms with Crippen LogP contribution < -0.4 is 5.32 Å².